The van der Waals surface area contributed by atoms with Crippen molar-refractivity contribution in [3.63, 3.8) is 0 Å². The van der Waals surface area contributed by atoms with Crippen LogP contribution in [0.25, 0.3) is 0 Å². The Morgan fingerprint density at radius 3 is 1.93 bits per heavy atom. The molecule has 0 fully saturated rings. The van der Waals surface area contributed by atoms with Crippen molar-refractivity contribution < 1.29 is 14.0 Å². The maximum atomic E-state index is 13.5. The van der Waals surface area contributed by atoms with E-state index < -0.39 is 15.7 Å². The third-order valence-corrected chi connectivity index (χ3v) is 9.30. The fourth-order valence-electron chi connectivity index (χ4n) is 3.25. The molecule has 0 aliphatic carbocycles. The highest BCUT2D eigenvalue weighted by Gasteiger charge is 2.43. The van der Waals surface area contributed by atoms with E-state index in [2.05, 4.69) is 48.5 Å². The molecule has 1 aliphatic heterocycles. The van der Waals surface area contributed by atoms with Gasteiger partial charge in [0.1, 0.15) is 0 Å². The van der Waals surface area contributed by atoms with Crippen LogP contribution in [-0.4, -0.2) is 11.9 Å². The summed E-state index contributed by atoms with van der Waals surface area (Å²) in [4.78, 5) is 0. The van der Waals surface area contributed by atoms with Crippen molar-refractivity contribution in [3.05, 3.63) is 72.8 Å². The van der Waals surface area contributed by atoms with Crippen LogP contribution in [0, 0.1) is 0 Å². The first kappa shape index (κ1) is 19.1. The van der Waals surface area contributed by atoms with Crippen LogP contribution in [0.2, 0.25) is 0 Å². The van der Waals surface area contributed by atoms with Crippen molar-refractivity contribution in [3.8, 4) is 11.5 Å². The van der Waals surface area contributed by atoms with Gasteiger partial charge in [0.05, 0.1) is 5.30 Å². The highest BCUT2D eigenvalue weighted by atomic mass is 31.1. The van der Waals surface area contributed by atoms with Crippen molar-refractivity contribution in [2.24, 2.45) is 0 Å². The second-order valence-electron chi connectivity index (χ2n) is 7.64. The summed E-state index contributed by atoms with van der Waals surface area (Å²) in [5.74, 6) is 1.47. The number of benzene rings is 3. The van der Waals surface area contributed by atoms with E-state index in [0.717, 1.165) is 22.1 Å². The molecule has 0 aromatic heterocycles. The van der Waals surface area contributed by atoms with Gasteiger partial charge in [0.15, 0.2) is 16.7 Å². The van der Waals surface area contributed by atoms with Crippen LogP contribution < -0.4 is 30.7 Å². The first-order chi connectivity index (χ1) is 13.5. The van der Waals surface area contributed by atoms with Crippen molar-refractivity contribution in [1.29, 1.82) is 0 Å². The smallest absolute Gasteiger partial charge is 0.383 e. The number of fused-ring (bicyclic) bond motifs is 1. The van der Waals surface area contributed by atoms with Crippen LogP contribution in [0.15, 0.2) is 72.8 Å². The lowest BCUT2D eigenvalue weighted by molar-refractivity contribution is 0.174. The lowest BCUT2D eigenvalue weighted by atomic mass is 10.3. The zero-order valence-corrected chi connectivity index (χ0v) is 18.0. The summed E-state index contributed by atoms with van der Waals surface area (Å²) >= 11 is 0. The maximum absolute atomic E-state index is 13.5. The van der Waals surface area contributed by atoms with Crippen molar-refractivity contribution >= 4 is 36.9 Å². The Kier molecular flexibility index (Phi) is 5.23. The van der Waals surface area contributed by atoms with Gasteiger partial charge in [-0.15, -0.1) is 0 Å². The summed E-state index contributed by atoms with van der Waals surface area (Å²) in [5.41, 5.74) is 0. The van der Waals surface area contributed by atoms with Gasteiger partial charge in [0.25, 0.3) is 0 Å². The molecule has 0 radical (unpaired) electrons. The minimum absolute atomic E-state index is 0.199. The largest absolute Gasteiger partial charge is 0.454 e. The van der Waals surface area contributed by atoms with Gasteiger partial charge in [-0.2, -0.15) is 0 Å². The minimum atomic E-state index is -1.63. The SMILES string of the molecule is CC(C)(C)[P+](=O)c1ccc2c(c1P(c1ccccc1)c1ccccc1)OCO2. The van der Waals surface area contributed by atoms with E-state index in [9.17, 15) is 4.57 Å². The Bertz CT molecular complexity index is 956. The molecule has 1 atom stereocenters. The molecule has 1 aliphatic rings. The van der Waals surface area contributed by atoms with E-state index >= 15 is 0 Å². The van der Waals surface area contributed by atoms with Gasteiger partial charge in [-0.25, -0.2) is 0 Å². The quantitative estimate of drug-likeness (QED) is 0.599. The van der Waals surface area contributed by atoms with Crippen LogP contribution in [0.5, 0.6) is 11.5 Å². The highest BCUT2D eigenvalue weighted by molar-refractivity contribution is 7.81. The van der Waals surface area contributed by atoms with Gasteiger partial charge < -0.3 is 9.47 Å². The Morgan fingerprint density at radius 2 is 1.39 bits per heavy atom. The summed E-state index contributed by atoms with van der Waals surface area (Å²) in [6.07, 6.45) is 0. The zero-order valence-electron chi connectivity index (χ0n) is 16.3. The average Bonchev–Trinajstić information content (AvgIpc) is 3.18. The average molecular weight is 409 g/mol. The van der Waals surface area contributed by atoms with Gasteiger partial charge in [-0.05, 0) is 51.4 Å². The summed E-state index contributed by atoms with van der Waals surface area (Å²) in [6.45, 7) is 6.26. The van der Waals surface area contributed by atoms with E-state index in [0.29, 0.717) is 0 Å². The number of hydrogen-bond donors (Lipinski definition) is 0. The van der Waals surface area contributed by atoms with Crippen LogP contribution in [0.1, 0.15) is 20.8 Å². The minimum Gasteiger partial charge on any atom is -0.454 e. The summed E-state index contributed by atoms with van der Waals surface area (Å²) in [6, 6.07) is 24.7. The molecule has 28 heavy (non-hydrogen) atoms. The molecule has 3 aromatic rings. The standard InChI is InChI=1S/C23H23O3P2/c1-23(2,3)28(24)20-15-14-19-21(26-16-25-19)22(20)27(17-10-6-4-7-11-17)18-12-8-5-9-13-18/h4-15H,16H2,1-3H3/q+1. The third-order valence-electron chi connectivity index (χ3n) is 4.57. The normalized spacial score (nSPS) is 13.6. The Morgan fingerprint density at radius 1 is 0.821 bits per heavy atom. The fraction of sp³-hybridized carbons (Fsp3) is 0.217. The topological polar surface area (TPSA) is 35.5 Å². The zero-order chi connectivity index (χ0) is 19.7. The molecule has 1 unspecified atom stereocenters. The van der Waals surface area contributed by atoms with Gasteiger partial charge in [0, 0.05) is 0 Å². The van der Waals surface area contributed by atoms with Crippen molar-refractivity contribution in [2.45, 2.75) is 25.9 Å². The fourth-order valence-corrected chi connectivity index (χ4v) is 7.49. The van der Waals surface area contributed by atoms with Crippen molar-refractivity contribution in [2.75, 3.05) is 6.79 Å². The molecule has 0 amide bonds. The molecular formula is C23H23O3P2+. The molecule has 0 spiro atoms. The first-order valence-electron chi connectivity index (χ1n) is 9.27. The van der Waals surface area contributed by atoms with E-state index in [1.54, 1.807) is 0 Å². The molecule has 142 valence electrons. The summed E-state index contributed by atoms with van der Waals surface area (Å²) < 4.78 is 25.1. The second-order valence-corrected chi connectivity index (χ2v) is 12.2. The predicted octanol–water partition coefficient (Wildman–Crippen LogP) is 4.42. The molecular weight excluding hydrogens is 386 g/mol. The monoisotopic (exact) mass is 409 g/mol. The molecule has 0 bridgehead atoms. The van der Waals surface area contributed by atoms with Gasteiger partial charge in [0.2, 0.25) is 12.1 Å². The first-order valence-corrected chi connectivity index (χ1v) is 11.9. The number of ether oxygens (including phenoxy) is 2. The maximum Gasteiger partial charge on any atom is 0.383 e. The van der Waals surface area contributed by atoms with Crippen molar-refractivity contribution in [1.82, 2.24) is 0 Å². The molecule has 0 saturated carbocycles. The van der Waals surface area contributed by atoms with Gasteiger partial charge >= 0.3 is 7.80 Å². The van der Waals surface area contributed by atoms with E-state index in [-0.39, 0.29) is 11.9 Å². The molecule has 5 heteroatoms. The molecule has 0 saturated heterocycles. The molecule has 3 nitrogen and oxygen atoms in total. The molecule has 3 aromatic carbocycles. The van der Waals surface area contributed by atoms with Crippen LogP contribution in [0.3, 0.4) is 0 Å². The van der Waals surface area contributed by atoms with E-state index in [1.165, 1.54) is 10.6 Å². The molecule has 1 heterocycles. The van der Waals surface area contributed by atoms with Crippen LogP contribution in [-0.2, 0) is 4.57 Å². The highest BCUT2D eigenvalue weighted by Crippen LogP contribution is 2.46. The molecule has 0 N–H and O–H groups in total. The molecule has 4 rings (SSSR count). The van der Waals surface area contributed by atoms with Crippen LogP contribution in [0.4, 0.5) is 0 Å². The number of rotatable bonds is 4. The predicted molar refractivity (Wildman–Crippen MR) is 118 cm³/mol. The summed E-state index contributed by atoms with van der Waals surface area (Å²) in [7, 11) is -2.56. The lowest BCUT2D eigenvalue weighted by Crippen LogP contribution is -2.32. The Hall–Kier alpha value is -2.21. The van der Waals surface area contributed by atoms with Gasteiger partial charge in [-0.1, -0.05) is 65.2 Å². The second kappa shape index (κ2) is 7.66. The van der Waals surface area contributed by atoms with E-state index in [4.69, 9.17) is 9.47 Å². The number of hydrogen-bond acceptors (Lipinski definition) is 3. The Balaban J connectivity index is 2.01. The Labute approximate surface area is 168 Å². The summed E-state index contributed by atoms with van der Waals surface area (Å²) in [5, 5.41) is 3.94. The third kappa shape index (κ3) is 3.58. The lowest BCUT2D eigenvalue weighted by Gasteiger charge is -2.21. The van der Waals surface area contributed by atoms with E-state index in [1.807, 2.05) is 45.0 Å². The van der Waals surface area contributed by atoms with Crippen LogP contribution >= 0.6 is 15.7 Å². The van der Waals surface area contributed by atoms with Gasteiger partial charge in [-0.3, -0.25) is 0 Å².